The van der Waals surface area contributed by atoms with Crippen LogP contribution in [0.25, 0.3) is 71.3 Å². The Labute approximate surface area is 368 Å². The van der Waals surface area contributed by atoms with Crippen molar-refractivity contribution < 1.29 is 4.42 Å². The van der Waals surface area contributed by atoms with Gasteiger partial charge in [-0.3, -0.25) is 0 Å². The Morgan fingerprint density at radius 3 is 1.89 bits per heavy atom. The number of hydrogen-bond donors (Lipinski definition) is 0. The second-order valence-electron chi connectivity index (χ2n) is 16.8. The molecule has 12 aromatic rings. The summed E-state index contributed by atoms with van der Waals surface area (Å²) in [5.41, 5.74) is 15.8. The van der Waals surface area contributed by atoms with Gasteiger partial charge in [-0.2, -0.15) is 0 Å². The third kappa shape index (κ3) is 4.81. The van der Waals surface area contributed by atoms with Crippen LogP contribution in [0.4, 0.5) is 17.1 Å². The fourth-order valence-corrected chi connectivity index (χ4v) is 12.3. The summed E-state index contributed by atoms with van der Waals surface area (Å²) in [6.07, 6.45) is 0. The Hall–Kier alpha value is -7.79. The fraction of sp³-hybridized carbons (Fsp3) is 0.0169. The van der Waals surface area contributed by atoms with Gasteiger partial charge in [-0.05, 0) is 129 Å². The minimum Gasteiger partial charge on any atom is -0.456 e. The first kappa shape index (κ1) is 34.9. The Balaban J connectivity index is 1.02. The van der Waals surface area contributed by atoms with E-state index >= 15 is 0 Å². The number of nitrogens with zero attached hydrogens (tertiary/aromatic N) is 2. The standard InChI is InChI=1S/C59H36N2OS/c1-2-16-38(17-3-1)60(39-29-32-53-46(34-39)43-18-4-8-24-52(43)61(53)40-30-33-55-47(35-40)44-19-5-9-25-54(44)62-55)41-28-31-42-45-20-12-14-37-15-13-23-50(58(37)45)59(51(42)36-41)48-21-6-10-26-56(48)63-57-27-11-7-22-49(57)59/h1-36H. The van der Waals surface area contributed by atoms with Gasteiger partial charge in [0.1, 0.15) is 11.2 Å². The molecule has 2 aliphatic rings. The van der Waals surface area contributed by atoms with Crippen molar-refractivity contribution in [2.75, 3.05) is 4.90 Å². The van der Waals surface area contributed by atoms with Crippen LogP contribution < -0.4 is 4.90 Å². The zero-order valence-electron chi connectivity index (χ0n) is 34.0. The number of para-hydroxylation sites is 3. The molecule has 0 saturated carbocycles. The minimum atomic E-state index is -0.543. The summed E-state index contributed by atoms with van der Waals surface area (Å²) >= 11 is 1.89. The molecule has 1 aliphatic carbocycles. The van der Waals surface area contributed by atoms with E-state index in [2.05, 4.69) is 216 Å². The second kappa shape index (κ2) is 13.1. The smallest absolute Gasteiger partial charge is 0.135 e. The van der Waals surface area contributed by atoms with Crippen molar-refractivity contribution in [2.45, 2.75) is 15.2 Å². The first-order valence-electron chi connectivity index (χ1n) is 21.6. The van der Waals surface area contributed by atoms with Crippen molar-refractivity contribution in [3.8, 4) is 16.8 Å². The molecule has 1 aliphatic heterocycles. The minimum absolute atomic E-state index is 0.543. The number of rotatable bonds is 4. The highest BCUT2D eigenvalue weighted by molar-refractivity contribution is 7.99. The van der Waals surface area contributed by atoms with Crippen LogP contribution in [-0.2, 0) is 5.41 Å². The van der Waals surface area contributed by atoms with Crippen LogP contribution in [0.5, 0.6) is 0 Å². The first-order chi connectivity index (χ1) is 31.2. The quantitative estimate of drug-likeness (QED) is 0.176. The van der Waals surface area contributed by atoms with Gasteiger partial charge >= 0.3 is 0 Å². The lowest BCUT2D eigenvalue weighted by Gasteiger charge is -2.46. The topological polar surface area (TPSA) is 21.3 Å². The number of hydrogen-bond acceptors (Lipinski definition) is 3. The van der Waals surface area contributed by atoms with Crippen molar-refractivity contribution in [3.05, 3.63) is 241 Å². The molecule has 1 spiro atoms. The maximum absolute atomic E-state index is 6.25. The van der Waals surface area contributed by atoms with E-state index < -0.39 is 5.41 Å². The van der Waals surface area contributed by atoms with E-state index in [0.29, 0.717) is 0 Å². The molecule has 10 aromatic carbocycles. The Bertz CT molecular complexity index is 3810. The maximum atomic E-state index is 6.25. The summed E-state index contributed by atoms with van der Waals surface area (Å²) in [4.78, 5) is 5.04. The van der Waals surface area contributed by atoms with Crippen molar-refractivity contribution in [2.24, 2.45) is 0 Å². The molecule has 0 atom stereocenters. The lowest BCUT2D eigenvalue weighted by atomic mass is 9.59. The molecule has 3 heterocycles. The Morgan fingerprint density at radius 2 is 1.05 bits per heavy atom. The van der Waals surface area contributed by atoms with E-state index in [4.69, 9.17) is 4.42 Å². The summed E-state index contributed by atoms with van der Waals surface area (Å²) < 4.78 is 8.65. The molecule has 0 bridgehead atoms. The molecule has 0 unspecified atom stereocenters. The predicted molar refractivity (Wildman–Crippen MR) is 262 cm³/mol. The molecule has 294 valence electrons. The van der Waals surface area contributed by atoms with Gasteiger partial charge in [-0.15, -0.1) is 0 Å². The maximum Gasteiger partial charge on any atom is 0.135 e. The number of fused-ring (bicyclic) bond motifs is 14. The molecular formula is C59H36N2OS. The predicted octanol–water partition coefficient (Wildman–Crippen LogP) is 16.1. The third-order valence-electron chi connectivity index (χ3n) is 13.6. The van der Waals surface area contributed by atoms with Gasteiger partial charge in [0.25, 0.3) is 0 Å². The molecule has 0 N–H and O–H groups in total. The van der Waals surface area contributed by atoms with Gasteiger partial charge in [0.15, 0.2) is 0 Å². The molecule has 0 saturated heterocycles. The van der Waals surface area contributed by atoms with Gasteiger partial charge in [-0.1, -0.05) is 145 Å². The van der Waals surface area contributed by atoms with Gasteiger partial charge < -0.3 is 13.9 Å². The van der Waals surface area contributed by atoms with Crippen LogP contribution in [0, 0.1) is 0 Å². The first-order valence-corrected chi connectivity index (χ1v) is 22.4. The highest BCUT2D eigenvalue weighted by Gasteiger charge is 2.48. The van der Waals surface area contributed by atoms with Crippen LogP contribution in [0.2, 0.25) is 0 Å². The van der Waals surface area contributed by atoms with E-state index in [-0.39, 0.29) is 0 Å². The normalized spacial score (nSPS) is 13.5. The zero-order chi connectivity index (χ0) is 41.2. The highest BCUT2D eigenvalue weighted by atomic mass is 32.2. The van der Waals surface area contributed by atoms with Crippen molar-refractivity contribution in [3.63, 3.8) is 0 Å². The Kier molecular flexibility index (Phi) is 7.26. The SMILES string of the molecule is c1ccc(N(c2ccc3c(c2)C2(c4ccccc4Sc4ccccc42)c2cccc4cccc-3c24)c2ccc3c(c2)c2ccccc2n3-c2ccc3oc4ccccc4c3c2)cc1. The molecule has 3 nitrogen and oxygen atoms in total. The third-order valence-corrected chi connectivity index (χ3v) is 14.8. The zero-order valence-corrected chi connectivity index (χ0v) is 34.8. The van der Waals surface area contributed by atoms with Crippen LogP contribution >= 0.6 is 11.8 Å². The molecular weight excluding hydrogens is 785 g/mol. The van der Waals surface area contributed by atoms with Crippen molar-refractivity contribution in [1.29, 1.82) is 0 Å². The number of aromatic nitrogens is 1. The average molecular weight is 821 g/mol. The van der Waals surface area contributed by atoms with Crippen LogP contribution in [0.3, 0.4) is 0 Å². The van der Waals surface area contributed by atoms with Crippen molar-refractivity contribution in [1.82, 2.24) is 4.57 Å². The highest BCUT2D eigenvalue weighted by Crippen LogP contribution is 2.62. The van der Waals surface area contributed by atoms with E-state index in [1.54, 1.807) is 0 Å². The molecule has 4 heteroatoms. The summed E-state index contributed by atoms with van der Waals surface area (Å²) in [5.74, 6) is 0. The molecule has 63 heavy (non-hydrogen) atoms. The van der Waals surface area contributed by atoms with Crippen LogP contribution in [0.1, 0.15) is 22.3 Å². The molecule has 0 radical (unpaired) electrons. The Morgan fingerprint density at radius 1 is 0.397 bits per heavy atom. The number of furan rings is 1. The number of anilines is 3. The van der Waals surface area contributed by atoms with Gasteiger partial charge in [0.2, 0.25) is 0 Å². The fourth-order valence-electron chi connectivity index (χ4n) is 11.1. The second-order valence-corrected chi connectivity index (χ2v) is 17.9. The van der Waals surface area contributed by atoms with Gasteiger partial charge in [-0.25, -0.2) is 0 Å². The molecule has 0 fully saturated rings. The lowest BCUT2D eigenvalue weighted by molar-refractivity contribution is 0.669. The number of benzene rings is 10. The molecule has 2 aromatic heterocycles. The largest absolute Gasteiger partial charge is 0.456 e. The summed E-state index contributed by atoms with van der Waals surface area (Å²) in [7, 11) is 0. The molecule has 0 amide bonds. The van der Waals surface area contributed by atoms with E-state index in [1.807, 2.05) is 23.9 Å². The lowest BCUT2D eigenvalue weighted by Crippen LogP contribution is -2.36. The van der Waals surface area contributed by atoms with Gasteiger partial charge in [0.05, 0.1) is 16.4 Å². The van der Waals surface area contributed by atoms with Gasteiger partial charge in [0, 0.05) is 54.1 Å². The van der Waals surface area contributed by atoms with Crippen LogP contribution in [-0.4, -0.2) is 4.57 Å². The van der Waals surface area contributed by atoms with Crippen molar-refractivity contribution >= 4 is 83.3 Å². The van der Waals surface area contributed by atoms with E-state index in [9.17, 15) is 0 Å². The average Bonchev–Trinajstić information content (AvgIpc) is 3.88. The summed E-state index contributed by atoms with van der Waals surface area (Å²) in [6.45, 7) is 0. The monoisotopic (exact) mass is 820 g/mol. The summed E-state index contributed by atoms with van der Waals surface area (Å²) in [5, 5.41) is 7.25. The van der Waals surface area contributed by atoms with E-state index in [0.717, 1.165) is 50.2 Å². The van der Waals surface area contributed by atoms with Crippen LogP contribution in [0.15, 0.2) is 233 Å². The summed E-state index contributed by atoms with van der Waals surface area (Å²) in [6, 6.07) is 80.6. The van der Waals surface area contributed by atoms with E-state index in [1.165, 1.54) is 70.2 Å². The molecule has 14 rings (SSSR count).